The van der Waals surface area contributed by atoms with Gasteiger partial charge in [-0.1, -0.05) is 58.4 Å². The van der Waals surface area contributed by atoms with Gasteiger partial charge in [-0.15, -0.1) is 0 Å². The zero-order chi connectivity index (χ0) is 13.6. The molecule has 0 atom stereocenters. The maximum Gasteiger partial charge on any atom is 0.246 e. The van der Waals surface area contributed by atoms with E-state index in [1.165, 1.54) is 38.5 Å². The average Bonchev–Trinajstić information content (AvgIpc) is 2.37. The molecule has 0 saturated heterocycles. The third-order valence-corrected chi connectivity index (χ3v) is 3.18. The van der Waals surface area contributed by atoms with Gasteiger partial charge < -0.3 is 4.90 Å². The molecule has 0 aromatic rings. The van der Waals surface area contributed by atoms with Crippen LogP contribution in [0, 0.1) is 0 Å². The number of hydrogen-bond acceptors (Lipinski definition) is 1. The molecule has 0 aromatic carbocycles. The standard InChI is InChI=1S/C16H31NO/c1-4-7-9-11-14-17(16(18)13-6-3)15-12-10-8-5-2/h6,13H,4-5,7-12,14-15H2,1-3H3/b13-6+. The molecule has 0 bridgehead atoms. The maximum absolute atomic E-state index is 11.9. The number of nitrogens with zero attached hydrogens (tertiary/aromatic N) is 1. The van der Waals surface area contributed by atoms with Gasteiger partial charge in [0.2, 0.25) is 5.91 Å². The maximum atomic E-state index is 11.9. The number of amides is 1. The lowest BCUT2D eigenvalue weighted by molar-refractivity contribution is -0.126. The Morgan fingerprint density at radius 3 is 1.78 bits per heavy atom. The van der Waals surface area contributed by atoms with Gasteiger partial charge in [0.15, 0.2) is 0 Å². The molecule has 0 heterocycles. The predicted octanol–water partition coefficient (Wildman–Crippen LogP) is 4.55. The molecule has 0 fully saturated rings. The molecule has 0 saturated carbocycles. The number of carbonyl (C=O) groups is 1. The fourth-order valence-corrected chi connectivity index (χ4v) is 2.04. The smallest absolute Gasteiger partial charge is 0.246 e. The Morgan fingerprint density at radius 2 is 1.39 bits per heavy atom. The van der Waals surface area contributed by atoms with Crippen LogP contribution in [0.1, 0.15) is 72.1 Å². The van der Waals surface area contributed by atoms with Crippen molar-refractivity contribution in [1.29, 1.82) is 0 Å². The highest BCUT2D eigenvalue weighted by molar-refractivity contribution is 5.87. The van der Waals surface area contributed by atoms with Crippen LogP contribution < -0.4 is 0 Å². The van der Waals surface area contributed by atoms with Crippen LogP contribution in [0.15, 0.2) is 12.2 Å². The molecular weight excluding hydrogens is 222 g/mol. The number of unbranched alkanes of at least 4 members (excludes halogenated alkanes) is 6. The van der Waals surface area contributed by atoms with Gasteiger partial charge in [0.25, 0.3) is 0 Å². The molecule has 106 valence electrons. The van der Waals surface area contributed by atoms with Crippen molar-refractivity contribution in [1.82, 2.24) is 4.90 Å². The quantitative estimate of drug-likeness (QED) is 0.391. The first kappa shape index (κ1) is 17.2. The van der Waals surface area contributed by atoms with E-state index in [0.29, 0.717) is 0 Å². The van der Waals surface area contributed by atoms with Crippen molar-refractivity contribution >= 4 is 5.91 Å². The Bertz CT molecular complexity index is 211. The summed E-state index contributed by atoms with van der Waals surface area (Å²) in [6, 6.07) is 0. The van der Waals surface area contributed by atoms with Gasteiger partial charge in [-0.25, -0.2) is 0 Å². The van der Waals surface area contributed by atoms with Crippen LogP contribution in [-0.4, -0.2) is 23.9 Å². The number of carbonyl (C=O) groups excluding carboxylic acids is 1. The van der Waals surface area contributed by atoms with E-state index < -0.39 is 0 Å². The second-order valence-corrected chi connectivity index (χ2v) is 4.95. The highest BCUT2D eigenvalue weighted by Crippen LogP contribution is 2.06. The molecule has 0 radical (unpaired) electrons. The fourth-order valence-electron chi connectivity index (χ4n) is 2.04. The SMILES string of the molecule is C/C=C/C(=O)N(CCCCCC)CCCCCC. The third-order valence-electron chi connectivity index (χ3n) is 3.18. The number of rotatable bonds is 11. The van der Waals surface area contributed by atoms with Crippen molar-refractivity contribution in [2.24, 2.45) is 0 Å². The summed E-state index contributed by atoms with van der Waals surface area (Å²) in [5.41, 5.74) is 0. The summed E-state index contributed by atoms with van der Waals surface area (Å²) in [6.07, 6.45) is 13.4. The lowest BCUT2D eigenvalue weighted by atomic mass is 10.1. The van der Waals surface area contributed by atoms with Gasteiger partial charge in [0.05, 0.1) is 0 Å². The summed E-state index contributed by atoms with van der Waals surface area (Å²) in [5.74, 6) is 0.186. The average molecular weight is 253 g/mol. The highest BCUT2D eigenvalue weighted by atomic mass is 16.2. The molecule has 0 aliphatic carbocycles. The Hall–Kier alpha value is -0.790. The summed E-state index contributed by atoms with van der Waals surface area (Å²) in [5, 5.41) is 0. The molecule has 0 aromatic heterocycles. The van der Waals surface area contributed by atoms with Crippen LogP contribution >= 0.6 is 0 Å². The zero-order valence-corrected chi connectivity index (χ0v) is 12.6. The van der Waals surface area contributed by atoms with Crippen molar-refractivity contribution in [2.45, 2.75) is 72.1 Å². The number of allylic oxidation sites excluding steroid dienone is 1. The van der Waals surface area contributed by atoms with Crippen molar-refractivity contribution in [2.75, 3.05) is 13.1 Å². The van der Waals surface area contributed by atoms with Gasteiger partial charge in [-0.3, -0.25) is 4.79 Å². The Balaban J connectivity index is 3.96. The van der Waals surface area contributed by atoms with E-state index in [1.54, 1.807) is 6.08 Å². The predicted molar refractivity (Wildman–Crippen MR) is 79.7 cm³/mol. The van der Waals surface area contributed by atoms with Crippen LogP contribution in [0.25, 0.3) is 0 Å². The summed E-state index contributed by atoms with van der Waals surface area (Å²) in [7, 11) is 0. The minimum atomic E-state index is 0.186. The Labute approximate surface area is 113 Å². The van der Waals surface area contributed by atoms with Crippen LogP contribution in [0.3, 0.4) is 0 Å². The second-order valence-electron chi connectivity index (χ2n) is 4.95. The Morgan fingerprint density at radius 1 is 0.889 bits per heavy atom. The summed E-state index contributed by atoms with van der Waals surface area (Å²) in [4.78, 5) is 13.9. The largest absolute Gasteiger partial charge is 0.339 e. The molecule has 0 unspecified atom stereocenters. The molecule has 0 rings (SSSR count). The lowest BCUT2D eigenvalue weighted by Gasteiger charge is -2.21. The first-order chi connectivity index (χ1) is 8.76. The van der Waals surface area contributed by atoms with Gasteiger partial charge in [0.1, 0.15) is 0 Å². The molecule has 0 spiro atoms. The van der Waals surface area contributed by atoms with Crippen molar-refractivity contribution in [3.8, 4) is 0 Å². The van der Waals surface area contributed by atoms with Crippen molar-refractivity contribution in [3.63, 3.8) is 0 Å². The van der Waals surface area contributed by atoms with Gasteiger partial charge in [-0.05, 0) is 25.8 Å². The topological polar surface area (TPSA) is 20.3 Å². The first-order valence-electron chi connectivity index (χ1n) is 7.67. The zero-order valence-electron chi connectivity index (χ0n) is 12.6. The van der Waals surface area contributed by atoms with Gasteiger partial charge >= 0.3 is 0 Å². The van der Waals surface area contributed by atoms with Crippen LogP contribution in [0.2, 0.25) is 0 Å². The van der Waals surface area contributed by atoms with Gasteiger partial charge in [0, 0.05) is 13.1 Å². The molecule has 18 heavy (non-hydrogen) atoms. The third kappa shape index (κ3) is 9.26. The summed E-state index contributed by atoms with van der Waals surface area (Å²) in [6.45, 7) is 8.19. The minimum absolute atomic E-state index is 0.186. The molecular formula is C16H31NO. The van der Waals surface area contributed by atoms with Crippen LogP contribution in [0.4, 0.5) is 0 Å². The summed E-state index contributed by atoms with van der Waals surface area (Å²) >= 11 is 0. The van der Waals surface area contributed by atoms with Crippen LogP contribution in [-0.2, 0) is 4.79 Å². The second kappa shape index (κ2) is 12.7. The first-order valence-corrected chi connectivity index (χ1v) is 7.67. The van der Waals surface area contributed by atoms with E-state index in [0.717, 1.165) is 25.9 Å². The van der Waals surface area contributed by atoms with E-state index >= 15 is 0 Å². The molecule has 0 aliphatic rings. The monoisotopic (exact) mass is 253 g/mol. The van der Waals surface area contributed by atoms with Crippen LogP contribution in [0.5, 0.6) is 0 Å². The van der Waals surface area contributed by atoms with Crippen molar-refractivity contribution in [3.05, 3.63) is 12.2 Å². The molecule has 1 amide bonds. The van der Waals surface area contributed by atoms with E-state index in [1.807, 2.05) is 17.9 Å². The molecule has 2 heteroatoms. The van der Waals surface area contributed by atoms with E-state index in [2.05, 4.69) is 13.8 Å². The molecule has 0 N–H and O–H groups in total. The Kier molecular flexibility index (Phi) is 12.1. The van der Waals surface area contributed by atoms with Gasteiger partial charge in [-0.2, -0.15) is 0 Å². The minimum Gasteiger partial charge on any atom is -0.339 e. The van der Waals surface area contributed by atoms with Crippen molar-refractivity contribution < 1.29 is 4.79 Å². The lowest BCUT2D eigenvalue weighted by Crippen LogP contribution is -2.31. The normalized spacial score (nSPS) is 11.1. The molecule has 2 nitrogen and oxygen atoms in total. The fraction of sp³-hybridized carbons (Fsp3) is 0.812. The van der Waals surface area contributed by atoms with E-state index in [4.69, 9.17) is 0 Å². The summed E-state index contributed by atoms with van der Waals surface area (Å²) < 4.78 is 0. The molecule has 0 aliphatic heterocycles. The highest BCUT2D eigenvalue weighted by Gasteiger charge is 2.09. The number of hydrogen-bond donors (Lipinski definition) is 0. The van der Waals surface area contributed by atoms with E-state index in [9.17, 15) is 4.79 Å². The van der Waals surface area contributed by atoms with E-state index in [-0.39, 0.29) is 5.91 Å².